The van der Waals surface area contributed by atoms with Crippen LogP contribution in [0, 0.1) is 17.8 Å². The molecule has 0 heterocycles. The van der Waals surface area contributed by atoms with Gasteiger partial charge in [-0.05, 0) is 88.2 Å². The van der Waals surface area contributed by atoms with Crippen molar-refractivity contribution < 1.29 is 9.47 Å². The van der Waals surface area contributed by atoms with Crippen LogP contribution in [0.5, 0.6) is 5.75 Å². The van der Waals surface area contributed by atoms with Gasteiger partial charge in [0.2, 0.25) is 0 Å². The summed E-state index contributed by atoms with van der Waals surface area (Å²) in [5.74, 6) is 3.87. The maximum absolute atomic E-state index is 6.06. The molecule has 2 nitrogen and oxygen atoms in total. The molecule has 4 fully saturated rings. The van der Waals surface area contributed by atoms with E-state index in [2.05, 4.69) is 48.8 Å². The maximum atomic E-state index is 6.06. The fourth-order valence-corrected chi connectivity index (χ4v) is 6.40. The summed E-state index contributed by atoms with van der Waals surface area (Å²) in [6, 6.07) is 4.68. The van der Waals surface area contributed by atoms with Crippen molar-refractivity contribution in [2.24, 2.45) is 17.8 Å². The third-order valence-electron chi connectivity index (χ3n) is 6.73. The molecule has 132 valence electrons. The highest BCUT2D eigenvalue weighted by Crippen LogP contribution is 2.66. The molecule has 0 spiro atoms. The number of benzene rings is 1. The van der Waals surface area contributed by atoms with E-state index in [-0.39, 0.29) is 5.41 Å². The van der Waals surface area contributed by atoms with Gasteiger partial charge in [-0.25, -0.2) is 0 Å². The minimum atomic E-state index is 0.142. The predicted octanol–water partition coefficient (Wildman–Crippen LogP) is 5.81. The zero-order valence-electron chi connectivity index (χ0n) is 15.3. The second kappa shape index (κ2) is 5.74. The summed E-state index contributed by atoms with van der Waals surface area (Å²) in [7, 11) is 1.69. The number of ether oxygens (including phenoxy) is 2. The first-order valence-corrected chi connectivity index (χ1v) is 10.1. The Bertz CT molecular complexity index is 626. The van der Waals surface area contributed by atoms with E-state index in [0.29, 0.717) is 12.2 Å². The molecule has 0 saturated heterocycles. The molecule has 1 aromatic carbocycles. The SMILES string of the molecule is COCOc1c(Br)cc(C(C)(C)C)cc1C12CC3CC(C1)C(C3)C2. The minimum Gasteiger partial charge on any atom is -0.466 e. The quantitative estimate of drug-likeness (QED) is 0.602. The second-order valence-corrected chi connectivity index (χ2v) is 10.2. The Labute approximate surface area is 154 Å². The van der Waals surface area contributed by atoms with E-state index in [1.165, 1.54) is 43.2 Å². The first-order valence-electron chi connectivity index (χ1n) is 9.29. The number of rotatable bonds is 4. The highest BCUT2D eigenvalue weighted by molar-refractivity contribution is 9.10. The average molecular weight is 393 g/mol. The summed E-state index contributed by atoms with van der Waals surface area (Å²) >= 11 is 3.80. The molecule has 24 heavy (non-hydrogen) atoms. The van der Waals surface area contributed by atoms with Crippen LogP contribution in [0.2, 0.25) is 0 Å². The van der Waals surface area contributed by atoms with E-state index in [9.17, 15) is 0 Å². The molecule has 4 aliphatic rings. The standard InChI is InChI=1S/C21H29BrO2/c1-20(2,3)16-7-17(19(18(22)8-16)24-12-23-4)21-9-13-5-14(10-21)15(6-13)11-21/h7-8,13-15H,5-6,9-12H2,1-4H3. The van der Waals surface area contributed by atoms with Crippen molar-refractivity contribution in [1.82, 2.24) is 0 Å². The molecule has 1 aromatic rings. The molecule has 0 aromatic heterocycles. The van der Waals surface area contributed by atoms with Crippen LogP contribution in [-0.4, -0.2) is 13.9 Å². The summed E-state index contributed by atoms with van der Waals surface area (Å²) in [6.45, 7) is 7.19. The third kappa shape index (κ3) is 2.63. The fourth-order valence-electron chi connectivity index (χ4n) is 5.83. The van der Waals surface area contributed by atoms with Crippen LogP contribution in [0.4, 0.5) is 0 Å². The monoisotopic (exact) mass is 392 g/mol. The van der Waals surface area contributed by atoms with Crippen molar-refractivity contribution >= 4 is 15.9 Å². The largest absolute Gasteiger partial charge is 0.466 e. The average Bonchev–Trinajstić information content (AvgIpc) is 2.92. The summed E-state index contributed by atoms with van der Waals surface area (Å²) < 4.78 is 12.4. The van der Waals surface area contributed by atoms with Crippen molar-refractivity contribution in [2.75, 3.05) is 13.9 Å². The number of hydrogen-bond acceptors (Lipinski definition) is 2. The highest BCUT2D eigenvalue weighted by atomic mass is 79.9. The van der Waals surface area contributed by atoms with Gasteiger partial charge in [-0.2, -0.15) is 0 Å². The van der Waals surface area contributed by atoms with Crippen LogP contribution in [0.25, 0.3) is 0 Å². The minimum absolute atomic E-state index is 0.142. The molecule has 2 atom stereocenters. The van der Waals surface area contributed by atoms with Gasteiger partial charge in [0.15, 0.2) is 6.79 Å². The van der Waals surface area contributed by atoms with Crippen LogP contribution in [0.1, 0.15) is 64.0 Å². The van der Waals surface area contributed by atoms with Crippen molar-refractivity contribution in [3.63, 3.8) is 0 Å². The molecular weight excluding hydrogens is 364 g/mol. The van der Waals surface area contributed by atoms with Crippen molar-refractivity contribution in [1.29, 1.82) is 0 Å². The smallest absolute Gasteiger partial charge is 0.188 e. The molecule has 4 bridgehead atoms. The topological polar surface area (TPSA) is 18.5 Å². The lowest BCUT2D eigenvalue weighted by Crippen LogP contribution is -2.32. The predicted molar refractivity (Wildman–Crippen MR) is 101 cm³/mol. The Morgan fingerprint density at radius 2 is 1.79 bits per heavy atom. The zero-order chi connectivity index (χ0) is 17.1. The maximum Gasteiger partial charge on any atom is 0.188 e. The van der Waals surface area contributed by atoms with Gasteiger partial charge >= 0.3 is 0 Å². The van der Waals surface area contributed by atoms with Crippen LogP contribution < -0.4 is 4.74 Å². The molecular formula is C21H29BrO2. The van der Waals surface area contributed by atoms with E-state index >= 15 is 0 Å². The van der Waals surface area contributed by atoms with E-state index in [0.717, 1.165) is 28.0 Å². The third-order valence-corrected chi connectivity index (χ3v) is 7.32. The summed E-state index contributed by atoms with van der Waals surface area (Å²) in [5.41, 5.74) is 3.31. The molecule has 0 radical (unpaired) electrons. The van der Waals surface area contributed by atoms with Crippen molar-refractivity contribution in [2.45, 2.75) is 63.7 Å². The van der Waals surface area contributed by atoms with Crippen LogP contribution in [0.3, 0.4) is 0 Å². The first kappa shape index (κ1) is 16.9. The van der Waals surface area contributed by atoms with Gasteiger partial charge in [0.25, 0.3) is 0 Å². The van der Waals surface area contributed by atoms with E-state index in [1.807, 2.05) is 0 Å². The van der Waals surface area contributed by atoms with E-state index < -0.39 is 0 Å². The molecule has 3 heteroatoms. The number of hydrogen-bond donors (Lipinski definition) is 0. The van der Waals surface area contributed by atoms with Crippen LogP contribution in [-0.2, 0) is 15.6 Å². The molecule has 0 amide bonds. The van der Waals surface area contributed by atoms with Gasteiger partial charge < -0.3 is 9.47 Å². The summed E-state index contributed by atoms with van der Waals surface area (Å²) in [5, 5.41) is 0. The van der Waals surface area contributed by atoms with Gasteiger partial charge in [-0.1, -0.05) is 26.8 Å². The Morgan fingerprint density at radius 1 is 1.12 bits per heavy atom. The fraction of sp³-hybridized carbons (Fsp3) is 0.714. The number of methoxy groups -OCH3 is 1. The Morgan fingerprint density at radius 3 is 2.33 bits per heavy atom. The van der Waals surface area contributed by atoms with Gasteiger partial charge in [0.05, 0.1) is 4.47 Å². The van der Waals surface area contributed by atoms with Gasteiger partial charge in [-0.3, -0.25) is 0 Å². The normalized spacial score (nSPS) is 34.1. The van der Waals surface area contributed by atoms with Gasteiger partial charge in [-0.15, -0.1) is 0 Å². The van der Waals surface area contributed by atoms with Gasteiger partial charge in [0, 0.05) is 12.7 Å². The lowest BCUT2D eigenvalue weighted by Gasteiger charge is -2.40. The lowest BCUT2D eigenvalue weighted by molar-refractivity contribution is 0.0481. The number of halogens is 1. The first-order chi connectivity index (χ1) is 11.3. The van der Waals surface area contributed by atoms with E-state index in [4.69, 9.17) is 9.47 Å². The molecule has 5 rings (SSSR count). The Hall–Kier alpha value is -0.540. The molecule has 0 N–H and O–H groups in total. The molecule has 4 saturated carbocycles. The highest BCUT2D eigenvalue weighted by Gasteiger charge is 2.57. The lowest BCUT2D eigenvalue weighted by atomic mass is 9.65. The Kier molecular flexibility index (Phi) is 4.04. The summed E-state index contributed by atoms with van der Waals surface area (Å²) in [6.07, 6.45) is 7.01. The molecule has 4 aliphatic carbocycles. The molecule has 0 aliphatic heterocycles. The second-order valence-electron chi connectivity index (χ2n) is 9.39. The van der Waals surface area contributed by atoms with E-state index in [1.54, 1.807) is 7.11 Å². The van der Waals surface area contributed by atoms with Gasteiger partial charge in [0.1, 0.15) is 5.75 Å². The van der Waals surface area contributed by atoms with Crippen LogP contribution >= 0.6 is 15.9 Å². The van der Waals surface area contributed by atoms with Crippen LogP contribution in [0.15, 0.2) is 16.6 Å². The Balaban J connectivity index is 1.81. The summed E-state index contributed by atoms with van der Waals surface area (Å²) in [4.78, 5) is 0. The van der Waals surface area contributed by atoms with Crippen molar-refractivity contribution in [3.05, 3.63) is 27.7 Å². The zero-order valence-corrected chi connectivity index (χ0v) is 16.9. The van der Waals surface area contributed by atoms with Crippen molar-refractivity contribution in [3.8, 4) is 5.75 Å². The molecule has 2 unspecified atom stereocenters.